The molecule has 0 spiro atoms. The largest absolute Gasteiger partial charge is 0.469 e. The highest BCUT2D eigenvalue weighted by Crippen LogP contribution is 2.25. The van der Waals surface area contributed by atoms with Gasteiger partial charge >= 0.3 is 5.97 Å². The molecule has 0 aromatic heterocycles. The third-order valence-electron chi connectivity index (χ3n) is 4.78. The van der Waals surface area contributed by atoms with Gasteiger partial charge in [0.2, 0.25) is 0 Å². The Morgan fingerprint density at radius 1 is 1.10 bits per heavy atom. The Bertz CT molecular complexity index is 316. The number of carbonyl (C=O) groups excluding carboxylic acids is 1. The first-order valence-corrected chi connectivity index (χ1v) is 8.04. The molecule has 116 valence electrons. The average Bonchev–Trinajstić information content (AvgIpc) is 2.92. The quantitative estimate of drug-likeness (QED) is 0.722. The number of hydrogen-bond acceptors (Lipinski definition) is 4. The molecule has 0 unspecified atom stereocenters. The molecule has 2 fully saturated rings. The third kappa shape index (κ3) is 4.19. The van der Waals surface area contributed by atoms with Crippen molar-refractivity contribution < 1.29 is 9.53 Å². The van der Waals surface area contributed by atoms with E-state index in [0.29, 0.717) is 0 Å². The molecule has 0 aliphatic carbocycles. The summed E-state index contributed by atoms with van der Waals surface area (Å²) in [6.07, 6.45) is 5.31. The van der Waals surface area contributed by atoms with Gasteiger partial charge in [0, 0.05) is 13.1 Å². The number of nitrogens with zero attached hydrogens (tertiary/aromatic N) is 2. The summed E-state index contributed by atoms with van der Waals surface area (Å²) >= 11 is 0. The Morgan fingerprint density at radius 2 is 1.70 bits per heavy atom. The summed E-state index contributed by atoms with van der Waals surface area (Å²) in [6.45, 7) is 10.9. The van der Waals surface area contributed by atoms with Crippen LogP contribution < -0.4 is 0 Å². The summed E-state index contributed by atoms with van der Waals surface area (Å²) in [5.74, 6) is 0.752. The Kier molecular flexibility index (Phi) is 5.44. The number of esters is 1. The molecule has 2 aliphatic rings. The SMILES string of the molecule is COC(=O)C(C)(C)CN1CCC(CN2CCCC2)CC1. The summed E-state index contributed by atoms with van der Waals surface area (Å²) in [4.78, 5) is 16.8. The molecular formula is C16H30N2O2. The van der Waals surface area contributed by atoms with Crippen LogP contribution in [0.25, 0.3) is 0 Å². The van der Waals surface area contributed by atoms with E-state index in [1.165, 1.54) is 52.4 Å². The molecule has 2 aliphatic heterocycles. The summed E-state index contributed by atoms with van der Waals surface area (Å²) < 4.78 is 4.89. The number of hydrogen-bond donors (Lipinski definition) is 0. The minimum atomic E-state index is -0.392. The second-order valence-corrected chi connectivity index (χ2v) is 7.10. The molecule has 2 rings (SSSR count). The lowest BCUT2D eigenvalue weighted by Gasteiger charge is -2.37. The third-order valence-corrected chi connectivity index (χ3v) is 4.78. The molecule has 0 bridgehead atoms. The number of carbonyl (C=O) groups is 1. The van der Waals surface area contributed by atoms with Crippen molar-refractivity contribution in [3.8, 4) is 0 Å². The molecule has 4 heteroatoms. The van der Waals surface area contributed by atoms with Gasteiger partial charge in [0.05, 0.1) is 12.5 Å². The minimum absolute atomic E-state index is 0.100. The van der Waals surface area contributed by atoms with E-state index in [2.05, 4.69) is 9.80 Å². The van der Waals surface area contributed by atoms with Crippen molar-refractivity contribution >= 4 is 5.97 Å². The van der Waals surface area contributed by atoms with Crippen LogP contribution in [0.3, 0.4) is 0 Å². The summed E-state index contributed by atoms with van der Waals surface area (Å²) in [6, 6.07) is 0. The van der Waals surface area contributed by atoms with E-state index in [0.717, 1.165) is 25.6 Å². The van der Waals surface area contributed by atoms with Gasteiger partial charge in [-0.2, -0.15) is 0 Å². The molecule has 0 radical (unpaired) electrons. The van der Waals surface area contributed by atoms with Crippen molar-refractivity contribution in [3.05, 3.63) is 0 Å². The first-order chi connectivity index (χ1) is 9.51. The van der Waals surface area contributed by atoms with E-state index >= 15 is 0 Å². The summed E-state index contributed by atoms with van der Waals surface area (Å²) in [5.41, 5.74) is -0.392. The fraction of sp³-hybridized carbons (Fsp3) is 0.938. The van der Waals surface area contributed by atoms with Gasteiger partial charge in [0.15, 0.2) is 0 Å². The maximum Gasteiger partial charge on any atom is 0.312 e. The van der Waals surface area contributed by atoms with Gasteiger partial charge in [-0.3, -0.25) is 4.79 Å². The van der Waals surface area contributed by atoms with Gasteiger partial charge in [0.25, 0.3) is 0 Å². The van der Waals surface area contributed by atoms with Crippen molar-refractivity contribution in [2.45, 2.75) is 39.5 Å². The first-order valence-electron chi connectivity index (χ1n) is 8.04. The fourth-order valence-corrected chi connectivity index (χ4v) is 3.56. The Morgan fingerprint density at radius 3 is 2.25 bits per heavy atom. The fourth-order valence-electron chi connectivity index (χ4n) is 3.56. The zero-order valence-corrected chi connectivity index (χ0v) is 13.4. The number of rotatable bonds is 5. The van der Waals surface area contributed by atoms with E-state index in [1.807, 2.05) is 13.8 Å². The standard InChI is InChI=1S/C16H30N2O2/c1-16(2,15(19)20-3)13-18-10-6-14(7-11-18)12-17-8-4-5-9-17/h14H,4-13H2,1-3H3. The van der Waals surface area contributed by atoms with E-state index in [9.17, 15) is 4.79 Å². The van der Waals surface area contributed by atoms with E-state index in [-0.39, 0.29) is 5.97 Å². The lowest BCUT2D eigenvalue weighted by molar-refractivity contribution is -0.152. The summed E-state index contributed by atoms with van der Waals surface area (Å²) in [5, 5.41) is 0. The molecule has 0 saturated carbocycles. The maximum absolute atomic E-state index is 11.7. The van der Waals surface area contributed by atoms with Gasteiger partial charge in [-0.25, -0.2) is 0 Å². The predicted molar refractivity (Wildman–Crippen MR) is 80.6 cm³/mol. The van der Waals surface area contributed by atoms with Crippen LogP contribution in [0.1, 0.15) is 39.5 Å². The zero-order chi connectivity index (χ0) is 14.6. The van der Waals surface area contributed by atoms with Crippen LogP contribution in [-0.4, -0.2) is 62.1 Å². The molecule has 0 aromatic carbocycles. The van der Waals surface area contributed by atoms with Crippen molar-refractivity contribution in [2.75, 3.05) is 46.4 Å². The maximum atomic E-state index is 11.7. The van der Waals surface area contributed by atoms with Crippen molar-refractivity contribution in [3.63, 3.8) is 0 Å². The van der Waals surface area contributed by atoms with Gasteiger partial charge < -0.3 is 14.5 Å². The highest BCUT2D eigenvalue weighted by Gasteiger charge is 2.32. The van der Waals surface area contributed by atoms with Crippen LogP contribution in [0.5, 0.6) is 0 Å². The van der Waals surface area contributed by atoms with Gasteiger partial charge in [-0.15, -0.1) is 0 Å². The minimum Gasteiger partial charge on any atom is -0.469 e. The first kappa shape index (κ1) is 15.8. The topological polar surface area (TPSA) is 32.8 Å². The molecular weight excluding hydrogens is 252 g/mol. The Labute approximate surface area is 123 Å². The van der Waals surface area contributed by atoms with Crippen molar-refractivity contribution in [2.24, 2.45) is 11.3 Å². The molecule has 0 aromatic rings. The van der Waals surface area contributed by atoms with E-state index in [1.54, 1.807) is 0 Å². The van der Waals surface area contributed by atoms with Crippen LogP contribution in [0.4, 0.5) is 0 Å². The van der Waals surface area contributed by atoms with Crippen molar-refractivity contribution in [1.29, 1.82) is 0 Å². The monoisotopic (exact) mass is 282 g/mol. The van der Waals surface area contributed by atoms with Crippen LogP contribution in [0, 0.1) is 11.3 Å². The molecule has 2 saturated heterocycles. The second kappa shape index (κ2) is 6.90. The number of likely N-dealkylation sites (tertiary alicyclic amines) is 2. The molecule has 20 heavy (non-hydrogen) atoms. The van der Waals surface area contributed by atoms with Gasteiger partial charge in [-0.05, 0) is 71.6 Å². The lowest BCUT2D eigenvalue weighted by atomic mass is 9.90. The smallest absolute Gasteiger partial charge is 0.312 e. The Balaban J connectivity index is 1.72. The summed E-state index contributed by atoms with van der Waals surface area (Å²) in [7, 11) is 1.48. The average molecular weight is 282 g/mol. The van der Waals surface area contributed by atoms with Crippen LogP contribution in [0.2, 0.25) is 0 Å². The van der Waals surface area contributed by atoms with Gasteiger partial charge in [0.1, 0.15) is 0 Å². The molecule has 0 atom stereocenters. The molecule has 2 heterocycles. The van der Waals surface area contributed by atoms with Crippen LogP contribution in [-0.2, 0) is 9.53 Å². The number of methoxy groups -OCH3 is 1. The zero-order valence-electron chi connectivity index (χ0n) is 13.4. The normalized spacial score (nSPS) is 23.1. The number of piperidine rings is 1. The van der Waals surface area contributed by atoms with Crippen molar-refractivity contribution in [1.82, 2.24) is 9.80 Å². The molecule has 0 amide bonds. The predicted octanol–water partition coefficient (Wildman–Crippen LogP) is 1.99. The lowest BCUT2D eigenvalue weighted by Crippen LogP contribution is -2.44. The van der Waals surface area contributed by atoms with Crippen LogP contribution in [0.15, 0.2) is 0 Å². The Hall–Kier alpha value is -0.610. The van der Waals surface area contributed by atoms with Crippen LogP contribution >= 0.6 is 0 Å². The highest BCUT2D eigenvalue weighted by atomic mass is 16.5. The molecule has 4 nitrogen and oxygen atoms in total. The second-order valence-electron chi connectivity index (χ2n) is 7.10. The highest BCUT2D eigenvalue weighted by molar-refractivity contribution is 5.76. The van der Waals surface area contributed by atoms with E-state index in [4.69, 9.17) is 4.74 Å². The van der Waals surface area contributed by atoms with E-state index < -0.39 is 5.41 Å². The van der Waals surface area contributed by atoms with Gasteiger partial charge in [-0.1, -0.05) is 0 Å². The number of ether oxygens (including phenoxy) is 1. The molecule has 0 N–H and O–H groups in total.